The number of likely N-dealkylation sites (tertiary alicyclic amines) is 2. The van der Waals surface area contributed by atoms with E-state index in [0.717, 1.165) is 27.6 Å². The number of piperidine rings is 2. The average molecular weight is 1010 g/mol. The summed E-state index contributed by atoms with van der Waals surface area (Å²) in [5, 5.41) is 44.9. The minimum Gasteiger partial charge on any atom is -0.508 e. The van der Waals surface area contributed by atoms with Gasteiger partial charge in [0, 0.05) is 79.2 Å². The van der Waals surface area contributed by atoms with E-state index in [1.54, 1.807) is 47.2 Å². The van der Waals surface area contributed by atoms with E-state index < -0.39 is 17.5 Å². The molecule has 3 aromatic carbocycles. The molecule has 18 nitrogen and oxygen atoms in total. The number of carbonyl (C=O) groups excluding carboxylic acids is 4. The summed E-state index contributed by atoms with van der Waals surface area (Å²) in [6.45, 7) is 13.5. The third-order valence-corrected chi connectivity index (χ3v) is 15.5. The van der Waals surface area contributed by atoms with Gasteiger partial charge in [0.2, 0.25) is 17.6 Å². The van der Waals surface area contributed by atoms with Crippen molar-refractivity contribution in [2.45, 2.75) is 123 Å². The fourth-order valence-corrected chi connectivity index (χ4v) is 11.4. The number of esters is 1. The van der Waals surface area contributed by atoms with Crippen LogP contribution in [0.1, 0.15) is 124 Å². The van der Waals surface area contributed by atoms with E-state index in [2.05, 4.69) is 22.4 Å². The summed E-state index contributed by atoms with van der Waals surface area (Å²) in [6.07, 6.45) is 3.23. The van der Waals surface area contributed by atoms with Crippen LogP contribution in [-0.4, -0.2) is 111 Å². The Balaban J connectivity index is 0.757. The van der Waals surface area contributed by atoms with Gasteiger partial charge in [0.25, 0.3) is 11.5 Å². The molecule has 10 rings (SSSR count). The van der Waals surface area contributed by atoms with Crippen LogP contribution in [0.4, 0.5) is 0 Å². The van der Waals surface area contributed by atoms with Gasteiger partial charge in [-0.15, -0.1) is 10.2 Å². The molecule has 0 radical (unpaired) electrons. The lowest BCUT2D eigenvalue weighted by Crippen LogP contribution is -2.50. The van der Waals surface area contributed by atoms with Crippen LogP contribution in [0, 0.1) is 5.92 Å². The van der Waals surface area contributed by atoms with Crippen LogP contribution in [-0.2, 0) is 50.7 Å². The molecule has 2 saturated heterocycles. The summed E-state index contributed by atoms with van der Waals surface area (Å²) < 4.78 is 14.9. The number of phenols is 2. The van der Waals surface area contributed by atoms with Gasteiger partial charge in [0.1, 0.15) is 30.0 Å². The van der Waals surface area contributed by atoms with Gasteiger partial charge in [-0.3, -0.25) is 23.7 Å². The number of aliphatic hydroxyl groups is 1. The Kier molecular flexibility index (Phi) is 13.3. The summed E-state index contributed by atoms with van der Waals surface area (Å²) >= 11 is 0. The number of rotatable bonds is 12. The fraction of sp³-hybridized carbons (Fsp3) is 0.429. The first-order valence-electron chi connectivity index (χ1n) is 25.8. The van der Waals surface area contributed by atoms with Crippen molar-refractivity contribution in [3.05, 3.63) is 110 Å². The fourth-order valence-electron chi connectivity index (χ4n) is 11.4. The second-order valence-corrected chi connectivity index (χ2v) is 20.3. The highest BCUT2D eigenvalue weighted by Crippen LogP contribution is 2.42. The zero-order chi connectivity index (χ0) is 52.3. The highest BCUT2D eigenvalue weighted by Gasteiger charge is 2.46. The molecule has 6 aromatic rings. The van der Waals surface area contributed by atoms with Gasteiger partial charge in [0.05, 0.1) is 41.0 Å². The highest BCUT2D eigenvalue weighted by molar-refractivity contribution is 5.93. The van der Waals surface area contributed by atoms with E-state index in [-0.39, 0.29) is 95.1 Å². The maximum absolute atomic E-state index is 14.0. The Morgan fingerprint density at radius 2 is 1.68 bits per heavy atom. The quantitative estimate of drug-likeness (QED) is 0.0971. The molecule has 2 fully saturated rings. The Bertz CT molecular complexity index is 3300. The number of hydrogen-bond donors (Lipinski definition) is 4. The third kappa shape index (κ3) is 8.71. The first-order valence-corrected chi connectivity index (χ1v) is 25.8. The van der Waals surface area contributed by atoms with Crippen LogP contribution in [0.2, 0.25) is 0 Å². The molecule has 0 spiro atoms. The van der Waals surface area contributed by atoms with Crippen LogP contribution in [0.3, 0.4) is 0 Å². The van der Waals surface area contributed by atoms with Crippen molar-refractivity contribution in [1.82, 2.24) is 39.4 Å². The summed E-state index contributed by atoms with van der Waals surface area (Å²) in [5.41, 5.74) is 4.53. The number of hydrogen-bond acceptors (Lipinski definition) is 13. The molecule has 74 heavy (non-hydrogen) atoms. The molecule has 3 atom stereocenters. The Morgan fingerprint density at radius 3 is 2.36 bits per heavy atom. The van der Waals surface area contributed by atoms with Crippen molar-refractivity contribution >= 4 is 34.6 Å². The molecule has 4 aliphatic rings. The van der Waals surface area contributed by atoms with Crippen molar-refractivity contribution in [2.24, 2.45) is 5.92 Å². The molecule has 4 aliphatic heterocycles. The van der Waals surface area contributed by atoms with Crippen molar-refractivity contribution in [1.29, 1.82) is 0 Å². The average Bonchev–Trinajstić information content (AvgIpc) is 4.00. The summed E-state index contributed by atoms with van der Waals surface area (Å²) in [6, 6.07) is 17.6. The molecule has 0 saturated carbocycles. The SMILES string of the molecule is CCNC(=O)c1nnc(-c2cc(C(C)C)c(O)cc2O)n1-c1ccc(OC2CCN(C(=O)C3CCN(C(=O)Cc4ccc5nc6c(c(CC)c5c4)Cn4c-6cc5c(c4=O)COC(=O)[C@]5(O)CC)C(C)C3)CC2)cc1. The summed E-state index contributed by atoms with van der Waals surface area (Å²) in [4.78, 5) is 76.4. The van der Waals surface area contributed by atoms with Gasteiger partial charge in [-0.1, -0.05) is 33.8 Å². The van der Waals surface area contributed by atoms with Gasteiger partial charge in [0.15, 0.2) is 11.4 Å². The minimum absolute atomic E-state index is 0.00735. The molecule has 18 heteroatoms. The van der Waals surface area contributed by atoms with E-state index in [1.807, 2.05) is 60.9 Å². The minimum atomic E-state index is -1.91. The van der Waals surface area contributed by atoms with Crippen LogP contribution in [0.5, 0.6) is 17.2 Å². The predicted molar refractivity (Wildman–Crippen MR) is 274 cm³/mol. The number of carbonyl (C=O) groups is 4. The molecular formula is C56H62N8O10. The Hall–Kier alpha value is -7.60. The molecule has 3 aromatic heterocycles. The second kappa shape index (κ2) is 19.7. The lowest BCUT2D eigenvalue weighted by atomic mass is 9.86. The number of aromatic hydroxyl groups is 2. The molecule has 7 heterocycles. The van der Waals surface area contributed by atoms with Gasteiger partial charge in [-0.05, 0) is 111 Å². The van der Waals surface area contributed by atoms with E-state index in [9.17, 15) is 39.3 Å². The van der Waals surface area contributed by atoms with Crippen molar-refractivity contribution < 1.29 is 44.0 Å². The van der Waals surface area contributed by atoms with Crippen molar-refractivity contribution in [3.63, 3.8) is 0 Å². The lowest BCUT2D eigenvalue weighted by molar-refractivity contribution is -0.172. The Morgan fingerprint density at radius 1 is 0.919 bits per heavy atom. The first kappa shape index (κ1) is 50.0. The zero-order valence-corrected chi connectivity index (χ0v) is 42.6. The number of pyridine rings is 2. The van der Waals surface area contributed by atoms with E-state index in [4.69, 9.17) is 14.5 Å². The smallest absolute Gasteiger partial charge is 0.343 e. The number of aromatic nitrogens is 5. The standard InChI is InChI=1S/C56H62N8O10/c1-7-37-39-23-32(10-15-44(39)58-49-41(37)28-63-45(49)26-43-42(54(63)70)29-73-55(71)56(43,72)8-2)24-48(67)62-21-16-33(22-31(62)6)53(69)61-19-17-36(18-20-61)74-35-13-11-34(12-14-35)64-50(59-60-51(64)52(68)57-9-3)40-25-38(30(4)5)46(65)27-47(40)66/h10-15,23,25-27,30-31,33,36,65-66,72H,7-9,16-22,24,28-29H2,1-6H3,(H,57,68)/t31?,33?,56-/m0/s1. The van der Waals surface area contributed by atoms with E-state index >= 15 is 0 Å². The summed E-state index contributed by atoms with van der Waals surface area (Å²) in [5.74, 6) is -0.702. The van der Waals surface area contributed by atoms with Gasteiger partial charge in [-0.25, -0.2) is 9.78 Å². The summed E-state index contributed by atoms with van der Waals surface area (Å²) in [7, 11) is 0. The number of nitrogens with one attached hydrogen (secondary N) is 1. The number of phenolic OH excluding ortho intramolecular Hbond substituents is 2. The zero-order valence-electron chi connectivity index (χ0n) is 42.6. The second-order valence-electron chi connectivity index (χ2n) is 20.3. The maximum Gasteiger partial charge on any atom is 0.343 e. The van der Waals surface area contributed by atoms with Gasteiger partial charge < -0.3 is 44.5 Å². The van der Waals surface area contributed by atoms with E-state index in [1.165, 1.54) is 6.07 Å². The van der Waals surface area contributed by atoms with Crippen molar-refractivity contribution in [3.8, 4) is 45.7 Å². The maximum atomic E-state index is 14.0. The number of nitrogens with zero attached hydrogens (tertiary/aromatic N) is 7. The van der Waals surface area contributed by atoms with Crippen molar-refractivity contribution in [2.75, 3.05) is 26.2 Å². The Labute approximate surface area is 427 Å². The number of benzene rings is 3. The van der Waals surface area contributed by atoms with Crippen LogP contribution < -0.4 is 15.6 Å². The molecular weight excluding hydrogens is 945 g/mol. The number of cyclic esters (lactones) is 1. The molecule has 3 amide bonds. The van der Waals surface area contributed by atoms with Crippen LogP contribution >= 0.6 is 0 Å². The van der Waals surface area contributed by atoms with Gasteiger partial charge in [-0.2, -0.15) is 0 Å². The number of aryl methyl sites for hydroxylation is 1. The number of amides is 3. The lowest BCUT2D eigenvalue weighted by Gasteiger charge is -2.40. The molecule has 0 bridgehead atoms. The predicted octanol–water partition coefficient (Wildman–Crippen LogP) is 6.41. The van der Waals surface area contributed by atoms with Crippen LogP contribution in [0.25, 0.3) is 39.4 Å². The van der Waals surface area contributed by atoms with Crippen LogP contribution in [0.15, 0.2) is 65.5 Å². The number of fused-ring (bicyclic) bond motifs is 5. The largest absolute Gasteiger partial charge is 0.508 e. The molecule has 4 N–H and O–H groups in total. The third-order valence-electron chi connectivity index (χ3n) is 15.5. The number of ether oxygens (including phenoxy) is 2. The van der Waals surface area contributed by atoms with E-state index in [0.29, 0.717) is 98.8 Å². The molecule has 2 unspecified atom stereocenters. The normalized spacial score (nSPS) is 19.5. The first-order chi connectivity index (χ1) is 35.5. The van der Waals surface area contributed by atoms with Gasteiger partial charge >= 0.3 is 5.97 Å². The molecule has 386 valence electrons. The highest BCUT2D eigenvalue weighted by atomic mass is 16.6. The topological polar surface area (TPSA) is 232 Å². The monoisotopic (exact) mass is 1010 g/mol. The molecule has 0 aliphatic carbocycles.